The summed E-state index contributed by atoms with van der Waals surface area (Å²) in [6, 6.07) is 20.6. The second-order valence-corrected chi connectivity index (χ2v) is 10.0. The van der Waals surface area contributed by atoms with E-state index in [4.69, 9.17) is 20.7 Å². The van der Waals surface area contributed by atoms with E-state index in [0.717, 1.165) is 77.0 Å². The lowest BCUT2D eigenvalue weighted by Crippen LogP contribution is -2.29. The standard InChI is InChI=1S/C30H30N6O/c1-19(37)32-16-20-7-9-23(10-8-20)30-33-17-28-29(31)35-27(18-36(28)30)24-12-11-22-13-14-25(34-26(22)15-24)21-5-3-2-4-6-21/h2-6,11-15,17-18,20,23H,7-10,16H2,1H3,(H2,31,35)(H,32,37). The number of fused-ring (bicyclic) bond motifs is 2. The molecule has 1 fully saturated rings. The van der Waals surface area contributed by atoms with Crippen molar-refractivity contribution in [3.05, 3.63) is 78.9 Å². The Morgan fingerprint density at radius 3 is 2.54 bits per heavy atom. The normalized spacial score (nSPS) is 17.8. The number of aromatic nitrogens is 4. The number of rotatable bonds is 5. The van der Waals surface area contributed by atoms with Gasteiger partial charge in [0.15, 0.2) is 0 Å². The fraction of sp³-hybridized carbons (Fsp3) is 0.267. The topological polar surface area (TPSA) is 98.2 Å². The Balaban J connectivity index is 1.31. The summed E-state index contributed by atoms with van der Waals surface area (Å²) in [4.78, 5) is 25.7. The van der Waals surface area contributed by atoms with E-state index in [2.05, 4.69) is 58.4 Å². The van der Waals surface area contributed by atoms with Gasteiger partial charge in [0.1, 0.15) is 17.2 Å². The molecule has 1 amide bonds. The molecular formula is C30H30N6O. The quantitative estimate of drug-likeness (QED) is 0.334. The molecule has 5 aromatic rings. The summed E-state index contributed by atoms with van der Waals surface area (Å²) >= 11 is 0. The monoisotopic (exact) mass is 490 g/mol. The minimum absolute atomic E-state index is 0.0389. The molecule has 186 valence electrons. The zero-order chi connectivity index (χ0) is 25.4. The lowest BCUT2D eigenvalue weighted by molar-refractivity contribution is -0.119. The van der Waals surface area contributed by atoms with Crippen LogP contribution in [0.3, 0.4) is 0 Å². The number of carbonyl (C=O) groups is 1. The molecule has 6 rings (SSSR count). The van der Waals surface area contributed by atoms with Crippen LogP contribution in [0.2, 0.25) is 0 Å². The molecule has 0 spiro atoms. The molecule has 2 aromatic carbocycles. The molecule has 1 saturated carbocycles. The predicted octanol–water partition coefficient (Wildman–Crippen LogP) is 5.60. The third-order valence-electron chi connectivity index (χ3n) is 7.49. The van der Waals surface area contributed by atoms with Crippen molar-refractivity contribution in [3.63, 3.8) is 0 Å². The maximum atomic E-state index is 11.3. The Hall–Kier alpha value is -4.26. The van der Waals surface area contributed by atoms with E-state index >= 15 is 0 Å². The molecule has 3 aromatic heterocycles. The minimum Gasteiger partial charge on any atom is -0.382 e. The molecule has 0 saturated heterocycles. The highest BCUT2D eigenvalue weighted by molar-refractivity contribution is 5.86. The van der Waals surface area contributed by atoms with Crippen LogP contribution in [0.1, 0.15) is 44.3 Å². The van der Waals surface area contributed by atoms with Gasteiger partial charge < -0.3 is 11.1 Å². The first-order chi connectivity index (χ1) is 18.0. The largest absolute Gasteiger partial charge is 0.382 e. The predicted molar refractivity (Wildman–Crippen MR) is 147 cm³/mol. The van der Waals surface area contributed by atoms with Gasteiger partial charge in [-0.2, -0.15) is 0 Å². The van der Waals surface area contributed by atoms with E-state index in [1.54, 1.807) is 6.92 Å². The number of benzene rings is 2. The Kier molecular flexibility index (Phi) is 6.04. The van der Waals surface area contributed by atoms with Crippen LogP contribution >= 0.6 is 0 Å². The van der Waals surface area contributed by atoms with E-state index < -0.39 is 0 Å². The fourth-order valence-electron chi connectivity index (χ4n) is 5.44. The van der Waals surface area contributed by atoms with Gasteiger partial charge in [0.05, 0.1) is 23.1 Å². The Morgan fingerprint density at radius 2 is 1.76 bits per heavy atom. The Morgan fingerprint density at radius 1 is 0.973 bits per heavy atom. The van der Waals surface area contributed by atoms with Crippen LogP contribution in [0.25, 0.3) is 38.9 Å². The van der Waals surface area contributed by atoms with E-state index in [1.807, 2.05) is 24.4 Å². The minimum atomic E-state index is 0.0389. The van der Waals surface area contributed by atoms with Gasteiger partial charge in [0, 0.05) is 42.1 Å². The molecule has 0 radical (unpaired) electrons. The SMILES string of the molecule is CC(=O)NCC1CCC(c2ncc3c(N)nc(-c4ccc5ccc(-c6ccccc6)nc5c4)cn23)CC1. The maximum absolute atomic E-state index is 11.3. The summed E-state index contributed by atoms with van der Waals surface area (Å²) in [5.74, 6) is 2.43. The number of imidazole rings is 1. The van der Waals surface area contributed by atoms with Crippen molar-refractivity contribution in [2.45, 2.75) is 38.5 Å². The fourth-order valence-corrected chi connectivity index (χ4v) is 5.44. The van der Waals surface area contributed by atoms with E-state index in [-0.39, 0.29) is 5.91 Å². The number of nitrogens with two attached hydrogens (primary N) is 1. The molecule has 0 bridgehead atoms. The van der Waals surface area contributed by atoms with Crippen LogP contribution in [0.4, 0.5) is 5.82 Å². The molecule has 0 unspecified atom stereocenters. The van der Waals surface area contributed by atoms with Crippen molar-refractivity contribution in [3.8, 4) is 22.5 Å². The summed E-state index contributed by atoms with van der Waals surface area (Å²) in [5, 5.41) is 4.04. The van der Waals surface area contributed by atoms with Crippen molar-refractivity contribution in [2.75, 3.05) is 12.3 Å². The second kappa shape index (κ2) is 9.65. The lowest BCUT2D eigenvalue weighted by atomic mass is 9.81. The summed E-state index contributed by atoms with van der Waals surface area (Å²) in [5.41, 5.74) is 12.0. The third kappa shape index (κ3) is 4.65. The second-order valence-electron chi connectivity index (χ2n) is 10.0. The van der Waals surface area contributed by atoms with E-state index in [9.17, 15) is 4.79 Å². The van der Waals surface area contributed by atoms with Gasteiger partial charge in [-0.1, -0.05) is 48.5 Å². The van der Waals surface area contributed by atoms with Crippen LogP contribution < -0.4 is 11.1 Å². The molecule has 3 heterocycles. The summed E-state index contributed by atoms with van der Waals surface area (Å²) < 4.78 is 2.12. The molecule has 7 nitrogen and oxygen atoms in total. The zero-order valence-electron chi connectivity index (χ0n) is 20.9. The van der Waals surface area contributed by atoms with Gasteiger partial charge in [0.25, 0.3) is 0 Å². The van der Waals surface area contributed by atoms with Crippen LogP contribution in [0.5, 0.6) is 0 Å². The van der Waals surface area contributed by atoms with Gasteiger partial charge in [-0.05, 0) is 43.7 Å². The molecule has 1 aliphatic carbocycles. The maximum Gasteiger partial charge on any atom is 0.216 e. The smallest absolute Gasteiger partial charge is 0.216 e. The Labute approximate surface area is 215 Å². The van der Waals surface area contributed by atoms with Crippen molar-refractivity contribution in [1.82, 2.24) is 24.7 Å². The molecule has 3 N–H and O–H groups in total. The highest BCUT2D eigenvalue weighted by Gasteiger charge is 2.26. The van der Waals surface area contributed by atoms with E-state index in [0.29, 0.717) is 17.7 Å². The highest BCUT2D eigenvalue weighted by atomic mass is 16.1. The number of nitrogens with one attached hydrogen (secondary N) is 1. The molecule has 1 aliphatic rings. The Bertz CT molecular complexity index is 1580. The summed E-state index contributed by atoms with van der Waals surface area (Å²) in [7, 11) is 0. The number of nitrogens with zero attached hydrogens (tertiary/aromatic N) is 4. The van der Waals surface area contributed by atoms with Crippen LogP contribution in [-0.2, 0) is 4.79 Å². The number of nitrogen functional groups attached to an aromatic ring is 1. The number of hydrogen-bond acceptors (Lipinski definition) is 5. The molecule has 0 aliphatic heterocycles. The average molecular weight is 491 g/mol. The highest BCUT2D eigenvalue weighted by Crippen LogP contribution is 2.36. The van der Waals surface area contributed by atoms with Crippen molar-refractivity contribution in [2.24, 2.45) is 5.92 Å². The number of amides is 1. The van der Waals surface area contributed by atoms with Crippen molar-refractivity contribution < 1.29 is 4.79 Å². The molecular weight excluding hydrogens is 460 g/mol. The van der Waals surface area contributed by atoms with Gasteiger partial charge in [0.2, 0.25) is 5.91 Å². The van der Waals surface area contributed by atoms with Crippen LogP contribution in [0, 0.1) is 5.92 Å². The van der Waals surface area contributed by atoms with Crippen LogP contribution in [0.15, 0.2) is 73.1 Å². The lowest BCUT2D eigenvalue weighted by Gasteiger charge is -2.28. The number of hydrogen-bond donors (Lipinski definition) is 2. The van der Waals surface area contributed by atoms with Gasteiger partial charge in [-0.15, -0.1) is 0 Å². The van der Waals surface area contributed by atoms with Gasteiger partial charge in [-0.3, -0.25) is 9.20 Å². The first kappa shape index (κ1) is 23.2. The molecule has 0 atom stereocenters. The zero-order valence-corrected chi connectivity index (χ0v) is 20.9. The number of carbonyl (C=O) groups excluding carboxylic acids is 1. The van der Waals surface area contributed by atoms with Gasteiger partial charge in [-0.25, -0.2) is 15.0 Å². The number of pyridine rings is 1. The van der Waals surface area contributed by atoms with Crippen LogP contribution in [-0.4, -0.2) is 31.8 Å². The third-order valence-corrected chi connectivity index (χ3v) is 7.49. The molecule has 7 heteroatoms. The van der Waals surface area contributed by atoms with Crippen molar-refractivity contribution >= 4 is 28.1 Å². The number of anilines is 1. The first-order valence-electron chi connectivity index (χ1n) is 12.9. The summed E-state index contributed by atoms with van der Waals surface area (Å²) in [6.45, 7) is 2.33. The van der Waals surface area contributed by atoms with E-state index in [1.165, 1.54) is 0 Å². The average Bonchev–Trinajstić information content (AvgIpc) is 3.37. The molecule has 37 heavy (non-hydrogen) atoms. The first-order valence-corrected chi connectivity index (χ1v) is 12.9. The van der Waals surface area contributed by atoms with Crippen molar-refractivity contribution in [1.29, 1.82) is 0 Å². The summed E-state index contributed by atoms with van der Waals surface area (Å²) in [6.07, 6.45) is 8.13. The van der Waals surface area contributed by atoms with Gasteiger partial charge >= 0.3 is 0 Å².